The second-order valence-corrected chi connectivity index (χ2v) is 3.32. The van der Waals surface area contributed by atoms with Crippen molar-refractivity contribution in [1.29, 1.82) is 0 Å². The number of imidazole rings is 1. The number of fused-ring (bicyclic) bond motifs is 1. The molecule has 1 atom stereocenters. The van der Waals surface area contributed by atoms with Gasteiger partial charge in [0.1, 0.15) is 6.10 Å². The van der Waals surface area contributed by atoms with Crippen LogP contribution in [0, 0.1) is 0 Å². The number of nitrogens with one attached hydrogen (secondary N) is 1. The van der Waals surface area contributed by atoms with Crippen molar-refractivity contribution in [2.24, 2.45) is 0 Å². The zero-order valence-corrected chi connectivity index (χ0v) is 7.36. The number of epoxide rings is 1. The van der Waals surface area contributed by atoms with E-state index >= 15 is 0 Å². The maximum Gasteiger partial charge on any atom is 0.194 e. The molecule has 1 unspecified atom stereocenters. The van der Waals surface area contributed by atoms with Crippen molar-refractivity contribution >= 4 is 16.8 Å². The Balaban J connectivity index is 2.07. The van der Waals surface area contributed by atoms with E-state index in [1.807, 2.05) is 12.1 Å². The highest BCUT2D eigenvalue weighted by atomic mass is 16.6. The van der Waals surface area contributed by atoms with Crippen LogP contribution in [0.3, 0.4) is 0 Å². The van der Waals surface area contributed by atoms with Gasteiger partial charge in [-0.05, 0) is 18.2 Å². The third kappa shape index (κ3) is 1.12. The Morgan fingerprint density at radius 1 is 1.57 bits per heavy atom. The summed E-state index contributed by atoms with van der Waals surface area (Å²) in [6, 6.07) is 5.43. The van der Waals surface area contributed by atoms with Crippen LogP contribution >= 0.6 is 0 Å². The molecular formula is C10H8N2O2. The number of carbonyl (C=O) groups excluding carboxylic acids is 1. The number of aromatic amines is 1. The lowest BCUT2D eigenvalue weighted by Crippen LogP contribution is -2.06. The van der Waals surface area contributed by atoms with E-state index in [4.69, 9.17) is 4.74 Å². The third-order valence-corrected chi connectivity index (χ3v) is 2.33. The van der Waals surface area contributed by atoms with E-state index in [0.29, 0.717) is 12.2 Å². The fourth-order valence-electron chi connectivity index (χ4n) is 1.47. The van der Waals surface area contributed by atoms with Gasteiger partial charge in [0.05, 0.1) is 24.0 Å². The Kier molecular flexibility index (Phi) is 1.46. The average molecular weight is 188 g/mol. The monoisotopic (exact) mass is 188 g/mol. The molecule has 0 bridgehead atoms. The van der Waals surface area contributed by atoms with Crippen LogP contribution in [-0.4, -0.2) is 28.5 Å². The van der Waals surface area contributed by atoms with E-state index in [9.17, 15) is 4.79 Å². The quantitative estimate of drug-likeness (QED) is 0.568. The van der Waals surface area contributed by atoms with Crippen molar-refractivity contribution in [3.63, 3.8) is 0 Å². The first-order valence-electron chi connectivity index (χ1n) is 4.43. The van der Waals surface area contributed by atoms with Crippen molar-refractivity contribution in [1.82, 2.24) is 9.97 Å². The highest BCUT2D eigenvalue weighted by molar-refractivity contribution is 6.02. The van der Waals surface area contributed by atoms with E-state index < -0.39 is 0 Å². The molecule has 1 saturated heterocycles. The summed E-state index contributed by atoms with van der Waals surface area (Å²) in [4.78, 5) is 18.7. The number of carbonyl (C=O) groups is 1. The molecule has 1 aliphatic heterocycles. The van der Waals surface area contributed by atoms with Crippen LogP contribution in [0.4, 0.5) is 0 Å². The van der Waals surface area contributed by atoms with E-state index in [-0.39, 0.29) is 11.9 Å². The number of hydrogen-bond acceptors (Lipinski definition) is 3. The van der Waals surface area contributed by atoms with Gasteiger partial charge in [0.2, 0.25) is 0 Å². The first-order valence-corrected chi connectivity index (χ1v) is 4.43. The van der Waals surface area contributed by atoms with Crippen LogP contribution in [0.15, 0.2) is 24.5 Å². The van der Waals surface area contributed by atoms with E-state index in [0.717, 1.165) is 11.0 Å². The predicted octanol–water partition coefficient (Wildman–Crippen LogP) is 1.14. The summed E-state index contributed by atoms with van der Waals surface area (Å²) in [5, 5.41) is 0. The molecule has 4 heteroatoms. The number of ketones is 1. The van der Waals surface area contributed by atoms with Gasteiger partial charge in [-0.15, -0.1) is 0 Å². The number of benzene rings is 1. The summed E-state index contributed by atoms with van der Waals surface area (Å²) in [5.74, 6) is 0.0569. The van der Waals surface area contributed by atoms with Crippen LogP contribution in [0.25, 0.3) is 11.0 Å². The summed E-state index contributed by atoms with van der Waals surface area (Å²) in [7, 11) is 0. The lowest BCUT2D eigenvalue weighted by molar-refractivity contribution is 0.0954. The molecular weight excluding hydrogens is 180 g/mol. The van der Waals surface area contributed by atoms with E-state index in [2.05, 4.69) is 9.97 Å². The van der Waals surface area contributed by atoms with Gasteiger partial charge in [-0.3, -0.25) is 4.79 Å². The molecule has 1 N–H and O–H groups in total. The number of nitrogens with zero attached hydrogens (tertiary/aromatic N) is 1. The molecule has 14 heavy (non-hydrogen) atoms. The molecule has 0 radical (unpaired) electrons. The fraction of sp³-hybridized carbons (Fsp3) is 0.200. The standard InChI is InChI=1S/C10H8N2O2/c13-10(9-4-14-9)6-1-2-7-8(3-6)12-5-11-7/h1-3,5,9H,4H2,(H,11,12). The highest BCUT2D eigenvalue weighted by Gasteiger charge is 2.31. The Morgan fingerprint density at radius 3 is 3.21 bits per heavy atom. The highest BCUT2D eigenvalue weighted by Crippen LogP contribution is 2.19. The number of hydrogen-bond donors (Lipinski definition) is 1. The Hall–Kier alpha value is -1.68. The number of ether oxygens (including phenoxy) is 1. The molecule has 0 amide bonds. The summed E-state index contributed by atoms with van der Waals surface area (Å²) < 4.78 is 4.94. The SMILES string of the molecule is O=C(c1ccc2nc[nH]c2c1)C1CO1. The van der Waals surface area contributed by atoms with Crippen LogP contribution < -0.4 is 0 Å². The second-order valence-electron chi connectivity index (χ2n) is 3.32. The molecule has 70 valence electrons. The minimum Gasteiger partial charge on any atom is -0.364 e. The fourth-order valence-corrected chi connectivity index (χ4v) is 1.47. The lowest BCUT2D eigenvalue weighted by Gasteiger charge is -1.96. The van der Waals surface area contributed by atoms with Gasteiger partial charge < -0.3 is 9.72 Å². The molecule has 4 nitrogen and oxygen atoms in total. The van der Waals surface area contributed by atoms with E-state index in [1.54, 1.807) is 12.4 Å². The van der Waals surface area contributed by atoms with Gasteiger partial charge in [-0.1, -0.05) is 0 Å². The number of H-pyrrole nitrogens is 1. The largest absolute Gasteiger partial charge is 0.364 e. The van der Waals surface area contributed by atoms with Crippen molar-refractivity contribution in [2.75, 3.05) is 6.61 Å². The number of rotatable bonds is 2. The first kappa shape index (κ1) is 7.70. The molecule has 1 fully saturated rings. The molecule has 2 aromatic rings. The van der Waals surface area contributed by atoms with Gasteiger partial charge >= 0.3 is 0 Å². The summed E-state index contributed by atoms with van der Waals surface area (Å²) in [5.41, 5.74) is 2.44. The minimum atomic E-state index is -0.213. The topological polar surface area (TPSA) is 58.3 Å². The first-order chi connectivity index (χ1) is 6.84. The molecule has 1 aromatic heterocycles. The van der Waals surface area contributed by atoms with Gasteiger partial charge in [0.25, 0.3) is 0 Å². The van der Waals surface area contributed by atoms with Crippen molar-refractivity contribution in [2.45, 2.75) is 6.10 Å². The predicted molar refractivity (Wildman–Crippen MR) is 50.2 cm³/mol. The molecule has 1 aliphatic rings. The van der Waals surface area contributed by atoms with Crippen LogP contribution in [0.5, 0.6) is 0 Å². The zero-order valence-electron chi connectivity index (χ0n) is 7.36. The second kappa shape index (κ2) is 2.65. The van der Waals surface area contributed by atoms with Crippen LogP contribution in [-0.2, 0) is 4.74 Å². The van der Waals surface area contributed by atoms with Crippen molar-refractivity contribution in [3.05, 3.63) is 30.1 Å². The Labute approximate surface area is 79.9 Å². The van der Waals surface area contributed by atoms with E-state index in [1.165, 1.54) is 0 Å². The lowest BCUT2D eigenvalue weighted by atomic mass is 10.1. The summed E-state index contributed by atoms with van der Waals surface area (Å²) >= 11 is 0. The van der Waals surface area contributed by atoms with Gasteiger partial charge in [0, 0.05) is 5.56 Å². The van der Waals surface area contributed by atoms with Gasteiger partial charge in [0.15, 0.2) is 5.78 Å². The third-order valence-electron chi connectivity index (χ3n) is 2.33. The number of Topliss-reactive ketones (excluding diaryl/α,β-unsaturated/α-hetero) is 1. The normalized spacial score (nSPS) is 19.9. The van der Waals surface area contributed by atoms with Crippen LogP contribution in [0.2, 0.25) is 0 Å². The maximum absolute atomic E-state index is 11.6. The average Bonchev–Trinajstić information content (AvgIpc) is 2.95. The smallest absolute Gasteiger partial charge is 0.194 e. The van der Waals surface area contributed by atoms with Crippen molar-refractivity contribution in [3.8, 4) is 0 Å². The molecule has 3 rings (SSSR count). The Morgan fingerprint density at radius 2 is 2.43 bits per heavy atom. The molecule has 0 saturated carbocycles. The molecule has 0 aliphatic carbocycles. The molecule has 2 heterocycles. The van der Waals surface area contributed by atoms with Crippen molar-refractivity contribution < 1.29 is 9.53 Å². The van der Waals surface area contributed by atoms with Crippen LogP contribution in [0.1, 0.15) is 10.4 Å². The molecule has 1 aromatic carbocycles. The van der Waals surface area contributed by atoms with Gasteiger partial charge in [-0.2, -0.15) is 0 Å². The summed E-state index contributed by atoms with van der Waals surface area (Å²) in [6.45, 7) is 0.555. The van der Waals surface area contributed by atoms with Gasteiger partial charge in [-0.25, -0.2) is 4.98 Å². The summed E-state index contributed by atoms with van der Waals surface area (Å²) in [6.07, 6.45) is 1.40. The molecule has 0 spiro atoms. The zero-order chi connectivity index (χ0) is 9.54. The Bertz CT molecular complexity index is 500. The maximum atomic E-state index is 11.6. The minimum absolute atomic E-state index is 0.0569. The number of aromatic nitrogens is 2.